The molecule has 0 heterocycles. The Balaban J connectivity index is 1.51. The van der Waals surface area contributed by atoms with Crippen molar-refractivity contribution >= 4 is 69.6 Å². The quantitative estimate of drug-likeness (QED) is 0.197. The molecule has 0 aromatic heterocycles. The Morgan fingerprint density at radius 2 is 0.975 bits per heavy atom. The molecule has 4 aromatic carbocycles. The van der Waals surface area contributed by atoms with E-state index in [9.17, 15) is 9.59 Å². The van der Waals surface area contributed by atoms with Crippen molar-refractivity contribution in [2.24, 2.45) is 0 Å². The van der Waals surface area contributed by atoms with Gasteiger partial charge >= 0.3 is 0 Å². The van der Waals surface area contributed by atoms with Crippen LogP contribution in [-0.4, -0.2) is 24.0 Å². The van der Waals surface area contributed by atoms with Gasteiger partial charge in [0.05, 0.1) is 10.0 Å². The van der Waals surface area contributed by atoms with E-state index in [2.05, 4.69) is 10.6 Å². The number of rotatable bonds is 9. The molecular weight excluding hydrogens is 594 g/mol. The van der Waals surface area contributed by atoms with Crippen molar-refractivity contribution in [1.29, 1.82) is 0 Å². The van der Waals surface area contributed by atoms with Gasteiger partial charge in [0.2, 0.25) is 0 Å². The van der Waals surface area contributed by atoms with E-state index < -0.39 is 12.2 Å². The van der Waals surface area contributed by atoms with Gasteiger partial charge in [-0.2, -0.15) is 0 Å². The van der Waals surface area contributed by atoms with Crippen LogP contribution in [0.25, 0.3) is 11.1 Å². The van der Waals surface area contributed by atoms with Crippen LogP contribution in [-0.2, 0) is 9.59 Å². The number of benzene rings is 4. The molecule has 0 saturated carbocycles. The van der Waals surface area contributed by atoms with E-state index in [1.54, 1.807) is 74.5 Å². The number of carbonyl (C=O) groups is 2. The molecule has 2 atom stereocenters. The van der Waals surface area contributed by atoms with Gasteiger partial charge in [0.25, 0.3) is 11.8 Å². The topological polar surface area (TPSA) is 76.7 Å². The first-order valence-corrected chi connectivity index (χ1v) is 13.7. The Labute approximate surface area is 252 Å². The summed E-state index contributed by atoms with van der Waals surface area (Å²) in [5, 5.41) is 7.34. The minimum atomic E-state index is -0.862. The number of amides is 2. The normalized spacial score (nSPS) is 12.2. The van der Waals surface area contributed by atoms with Gasteiger partial charge in [0.15, 0.2) is 12.2 Å². The van der Waals surface area contributed by atoms with Gasteiger partial charge in [-0.25, -0.2) is 0 Å². The Morgan fingerprint density at radius 1 is 0.600 bits per heavy atom. The monoisotopic (exact) mass is 616 g/mol. The van der Waals surface area contributed by atoms with E-state index in [4.69, 9.17) is 55.9 Å². The van der Waals surface area contributed by atoms with Crippen LogP contribution in [0.4, 0.5) is 11.4 Å². The molecule has 0 fully saturated rings. The minimum absolute atomic E-state index is 0.300. The highest BCUT2D eigenvalue weighted by atomic mass is 35.5. The van der Waals surface area contributed by atoms with Gasteiger partial charge in [-0.3, -0.25) is 9.59 Å². The van der Waals surface area contributed by atoms with E-state index in [1.165, 1.54) is 0 Å². The zero-order chi connectivity index (χ0) is 28.8. The molecule has 2 N–H and O–H groups in total. The lowest BCUT2D eigenvalue weighted by atomic mass is 10.0. The van der Waals surface area contributed by atoms with Crippen LogP contribution in [0.15, 0.2) is 84.9 Å². The Morgan fingerprint density at radius 3 is 1.35 bits per heavy atom. The summed E-state index contributed by atoms with van der Waals surface area (Å²) in [5.41, 5.74) is 2.45. The zero-order valence-corrected chi connectivity index (χ0v) is 24.4. The predicted molar refractivity (Wildman–Crippen MR) is 162 cm³/mol. The van der Waals surface area contributed by atoms with E-state index in [1.807, 2.05) is 24.3 Å². The van der Waals surface area contributed by atoms with Gasteiger partial charge in [-0.15, -0.1) is 0 Å². The van der Waals surface area contributed by atoms with E-state index in [0.29, 0.717) is 54.1 Å². The molecule has 0 aliphatic carbocycles. The summed E-state index contributed by atoms with van der Waals surface area (Å²) in [6.07, 6.45) is -1.72. The third-order valence-electron chi connectivity index (χ3n) is 5.79. The summed E-state index contributed by atoms with van der Waals surface area (Å²) in [7, 11) is 0. The summed E-state index contributed by atoms with van der Waals surface area (Å²) in [4.78, 5) is 26.1. The van der Waals surface area contributed by atoms with E-state index in [0.717, 1.165) is 0 Å². The molecule has 4 rings (SSSR count). The number of anilines is 2. The number of hydrogen-bond donors (Lipinski definition) is 2. The first-order valence-electron chi connectivity index (χ1n) is 12.2. The number of para-hydroxylation sites is 2. The van der Waals surface area contributed by atoms with Crippen molar-refractivity contribution in [1.82, 2.24) is 0 Å². The maximum atomic E-state index is 13.0. The highest BCUT2D eigenvalue weighted by Gasteiger charge is 2.21. The Kier molecular flexibility index (Phi) is 9.82. The second kappa shape index (κ2) is 13.3. The van der Waals surface area contributed by atoms with Crippen LogP contribution in [0.3, 0.4) is 0 Å². The van der Waals surface area contributed by atoms with Gasteiger partial charge in [-0.1, -0.05) is 82.8 Å². The molecule has 0 aliphatic rings. The van der Waals surface area contributed by atoms with Gasteiger partial charge < -0.3 is 20.1 Å². The Bertz CT molecular complexity index is 1430. The van der Waals surface area contributed by atoms with E-state index in [-0.39, 0.29) is 11.8 Å². The largest absolute Gasteiger partial charge is 0.479 e. The standard InChI is InChI=1S/C30H24Cl4N2O4/c1-17(39-27-13-11-19(31)15-23(27)33)29(37)35-25-9-5-3-7-21(25)22-8-4-6-10-26(22)36-30(38)18(2)40-28-14-12-20(32)16-24(28)34/h3-18H,1-2H3,(H,35,37)(H,36,38). The number of halogens is 4. The van der Waals surface area contributed by atoms with Gasteiger partial charge in [-0.05, 0) is 62.4 Å². The van der Waals surface area contributed by atoms with Crippen LogP contribution in [0.1, 0.15) is 13.8 Å². The summed E-state index contributed by atoms with van der Waals surface area (Å²) in [6.45, 7) is 3.23. The minimum Gasteiger partial charge on any atom is -0.479 e. The van der Waals surface area contributed by atoms with Crippen molar-refractivity contribution in [2.45, 2.75) is 26.1 Å². The predicted octanol–water partition coefficient (Wildman–Crippen LogP) is 8.78. The summed E-state index contributed by atoms with van der Waals surface area (Å²) in [6, 6.07) is 24.0. The smallest absolute Gasteiger partial charge is 0.265 e. The van der Waals surface area contributed by atoms with Crippen LogP contribution in [0.2, 0.25) is 20.1 Å². The fourth-order valence-electron chi connectivity index (χ4n) is 3.75. The molecule has 4 aromatic rings. The highest BCUT2D eigenvalue weighted by Crippen LogP contribution is 2.35. The maximum Gasteiger partial charge on any atom is 0.265 e. The lowest BCUT2D eigenvalue weighted by Crippen LogP contribution is -2.31. The lowest BCUT2D eigenvalue weighted by molar-refractivity contribution is -0.122. The average Bonchev–Trinajstić information content (AvgIpc) is 2.92. The lowest BCUT2D eigenvalue weighted by Gasteiger charge is -2.20. The molecule has 206 valence electrons. The number of carbonyl (C=O) groups excluding carboxylic acids is 2. The fourth-order valence-corrected chi connectivity index (χ4v) is 4.66. The Hall–Kier alpha value is -3.42. The maximum absolute atomic E-state index is 13.0. The van der Waals surface area contributed by atoms with Crippen LogP contribution in [0.5, 0.6) is 11.5 Å². The van der Waals surface area contributed by atoms with Gasteiger partial charge in [0.1, 0.15) is 11.5 Å². The molecule has 0 saturated heterocycles. The third-order valence-corrected chi connectivity index (χ3v) is 6.85. The SMILES string of the molecule is CC(Oc1ccc(Cl)cc1Cl)C(=O)Nc1ccccc1-c1ccccc1NC(=O)C(C)Oc1ccc(Cl)cc1Cl. The van der Waals surface area contributed by atoms with Crippen molar-refractivity contribution in [3.63, 3.8) is 0 Å². The summed E-state index contributed by atoms with van der Waals surface area (Å²) in [5.74, 6) is -0.0960. The van der Waals surface area contributed by atoms with Crippen LogP contribution >= 0.6 is 46.4 Å². The molecule has 0 radical (unpaired) electrons. The third kappa shape index (κ3) is 7.40. The number of nitrogens with one attached hydrogen (secondary N) is 2. The molecule has 0 spiro atoms. The molecule has 6 nitrogen and oxygen atoms in total. The molecule has 2 amide bonds. The summed E-state index contributed by atoms with van der Waals surface area (Å²) >= 11 is 24.3. The first kappa shape index (κ1) is 29.6. The molecule has 40 heavy (non-hydrogen) atoms. The summed E-state index contributed by atoms with van der Waals surface area (Å²) < 4.78 is 11.5. The van der Waals surface area contributed by atoms with Crippen molar-refractivity contribution in [3.8, 4) is 22.6 Å². The second-order valence-corrected chi connectivity index (χ2v) is 10.4. The van der Waals surface area contributed by atoms with E-state index >= 15 is 0 Å². The van der Waals surface area contributed by atoms with Crippen molar-refractivity contribution in [3.05, 3.63) is 105 Å². The first-order chi connectivity index (χ1) is 19.1. The number of ether oxygens (including phenoxy) is 2. The molecule has 2 unspecified atom stereocenters. The van der Waals surface area contributed by atoms with Gasteiger partial charge in [0, 0.05) is 32.5 Å². The van der Waals surface area contributed by atoms with Crippen molar-refractivity contribution < 1.29 is 19.1 Å². The molecule has 10 heteroatoms. The highest BCUT2D eigenvalue weighted by molar-refractivity contribution is 6.36. The molecule has 0 bridgehead atoms. The number of hydrogen-bond acceptors (Lipinski definition) is 4. The fraction of sp³-hybridized carbons (Fsp3) is 0.133. The van der Waals surface area contributed by atoms with Crippen LogP contribution < -0.4 is 20.1 Å². The molecular formula is C30H24Cl4N2O4. The molecule has 0 aliphatic heterocycles. The second-order valence-electron chi connectivity index (χ2n) is 8.74. The zero-order valence-electron chi connectivity index (χ0n) is 21.4. The van der Waals surface area contributed by atoms with Crippen LogP contribution in [0, 0.1) is 0 Å². The van der Waals surface area contributed by atoms with Crippen molar-refractivity contribution in [2.75, 3.05) is 10.6 Å². The average molecular weight is 618 g/mol.